The zero-order chi connectivity index (χ0) is 20.9. The van der Waals surface area contributed by atoms with E-state index in [4.69, 9.17) is 11.6 Å². The zero-order valence-electron chi connectivity index (χ0n) is 17.9. The molecule has 2 aromatic rings. The van der Waals surface area contributed by atoms with E-state index in [-0.39, 0.29) is 11.9 Å². The lowest BCUT2D eigenvalue weighted by atomic mass is 9.76. The number of nitrogens with one attached hydrogen (secondary N) is 1. The van der Waals surface area contributed by atoms with Crippen molar-refractivity contribution >= 4 is 17.5 Å². The lowest BCUT2D eigenvalue weighted by Gasteiger charge is -2.38. The predicted octanol–water partition coefficient (Wildman–Crippen LogP) is 4.63. The topological polar surface area (TPSA) is 50.2 Å². The number of hydrogen-bond donors (Lipinski definition) is 1. The van der Waals surface area contributed by atoms with E-state index in [1.807, 2.05) is 0 Å². The van der Waals surface area contributed by atoms with Crippen molar-refractivity contribution < 1.29 is 4.79 Å². The van der Waals surface area contributed by atoms with Gasteiger partial charge in [0, 0.05) is 32.7 Å². The smallest absolute Gasteiger partial charge is 0.271 e. The van der Waals surface area contributed by atoms with Crippen molar-refractivity contribution in [3.63, 3.8) is 0 Å². The number of carbonyl (C=O) groups is 1. The number of carbonyl (C=O) groups excluding carboxylic acids is 1. The summed E-state index contributed by atoms with van der Waals surface area (Å²) >= 11 is 6.12. The number of benzene rings is 1. The Labute approximate surface area is 184 Å². The summed E-state index contributed by atoms with van der Waals surface area (Å²) in [4.78, 5) is 15.2. The monoisotopic (exact) mass is 428 g/mol. The summed E-state index contributed by atoms with van der Waals surface area (Å²) in [6.45, 7) is 3.18. The van der Waals surface area contributed by atoms with Gasteiger partial charge in [0.2, 0.25) is 0 Å². The minimum atomic E-state index is -0.122. The zero-order valence-corrected chi connectivity index (χ0v) is 18.7. The number of amides is 1. The van der Waals surface area contributed by atoms with Crippen LogP contribution in [0.3, 0.4) is 0 Å². The molecule has 1 saturated heterocycles. The normalized spacial score (nSPS) is 20.2. The van der Waals surface area contributed by atoms with Crippen LogP contribution >= 0.6 is 11.6 Å². The van der Waals surface area contributed by atoms with E-state index in [9.17, 15) is 4.79 Å². The number of aromatic nitrogens is 2. The fraction of sp³-hybridized carbons (Fsp3) is 0.583. The highest BCUT2D eigenvalue weighted by molar-refractivity contribution is 6.33. The lowest BCUT2D eigenvalue weighted by molar-refractivity contribution is 0.0895. The molecule has 0 bridgehead atoms. The second kappa shape index (κ2) is 9.97. The molecule has 1 aliphatic carbocycles. The van der Waals surface area contributed by atoms with Gasteiger partial charge in [-0.1, -0.05) is 61.2 Å². The molecule has 0 radical (unpaired) electrons. The number of aryl methyl sites for hydroxylation is 1. The molecule has 6 heteroatoms. The van der Waals surface area contributed by atoms with Gasteiger partial charge < -0.3 is 10.2 Å². The summed E-state index contributed by atoms with van der Waals surface area (Å²) in [5, 5.41) is 7.63. The van der Waals surface area contributed by atoms with Gasteiger partial charge in [-0.25, -0.2) is 0 Å². The molecule has 2 aliphatic rings. The van der Waals surface area contributed by atoms with Crippen LogP contribution in [0.25, 0.3) is 0 Å². The van der Waals surface area contributed by atoms with Gasteiger partial charge in [-0.3, -0.25) is 9.48 Å². The standard InChI is InChI=1S/C24H33ClN4O/c1-28-23(22(25)16-26-28)24(30)27-20-12-14-29(15-13-20)17-21(18-8-4-2-5-9-18)19-10-6-3-7-11-19/h2,4-5,8-9,16,19-21H,3,6-7,10-15,17H2,1H3,(H,27,30)/t21-/m0/s1. The van der Waals surface area contributed by atoms with E-state index in [0.717, 1.165) is 38.4 Å². The van der Waals surface area contributed by atoms with Gasteiger partial charge in [0.15, 0.2) is 0 Å². The molecule has 4 rings (SSSR count). The van der Waals surface area contributed by atoms with E-state index in [1.54, 1.807) is 11.7 Å². The molecule has 162 valence electrons. The van der Waals surface area contributed by atoms with Crippen LogP contribution in [-0.4, -0.2) is 46.3 Å². The second-order valence-electron chi connectivity index (χ2n) is 8.93. The maximum Gasteiger partial charge on any atom is 0.271 e. The van der Waals surface area contributed by atoms with Crippen LogP contribution in [-0.2, 0) is 7.05 Å². The maximum absolute atomic E-state index is 12.6. The minimum Gasteiger partial charge on any atom is -0.348 e. The SMILES string of the molecule is Cn1ncc(Cl)c1C(=O)NC1CCN(C[C@@H](c2ccccc2)C2CCCCC2)CC1. The van der Waals surface area contributed by atoms with Crippen molar-refractivity contribution in [3.8, 4) is 0 Å². The molecule has 1 saturated carbocycles. The molecule has 1 atom stereocenters. The van der Waals surface area contributed by atoms with Gasteiger partial charge in [-0.15, -0.1) is 0 Å². The third-order valence-electron chi connectivity index (χ3n) is 6.93. The van der Waals surface area contributed by atoms with Gasteiger partial charge in [0.05, 0.1) is 11.2 Å². The Balaban J connectivity index is 1.34. The molecule has 1 N–H and O–H groups in total. The summed E-state index contributed by atoms with van der Waals surface area (Å²) in [5.74, 6) is 1.29. The van der Waals surface area contributed by atoms with Crippen molar-refractivity contribution in [2.45, 2.75) is 56.9 Å². The molecule has 0 unspecified atom stereocenters. The number of hydrogen-bond acceptors (Lipinski definition) is 3. The summed E-state index contributed by atoms with van der Waals surface area (Å²) in [6.07, 6.45) is 10.3. The fourth-order valence-electron chi connectivity index (χ4n) is 5.22. The number of rotatable bonds is 6. The highest BCUT2D eigenvalue weighted by atomic mass is 35.5. The van der Waals surface area contributed by atoms with Crippen molar-refractivity contribution in [1.82, 2.24) is 20.0 Å². The number of piperidine rings is 1. The summed E-state index contributed by atoms with van der Waals surface area (Å²) in [5.41, 5.74) is 1.94. The van der Waals surface area contributed by atoms with Crippen LogP contribution < -0.4 is 5.32 Å². The number of nitrogens with zero attached hydrogens (tertiary/aromatic N) is 3. The van der Waals surface area contributed by atoms with Crippen molar-refractivity contribution in [2.75, 3.05) is 19.6 Å². The first-order valence-electron chi connectivity index (χ1n) is 11.4. The van der Waals surface area contributed by atoms with Crippen LogP contribution in [0.2, 0.25) is 5.02 Å². The quantitative estimate of drug-likeness (QED) is 0.729. The van der Waals surface area contributed by atoms with Gasteiger partial charge in [-0.05, 0) is 43.1 Å². The van der Waals surface area contributed by atoms with E-state index in [0.29, 0.717) is 16.6 Å². The Morgan fingerprint density at radius 2 is 1.83 bits per heavy atom. The molecule has 1 amide bonds. The largest absolute Gasteiger partial charge is 0.348 e. The molecule has 1 aromatic carbocycles. The van der Waals surface area contributed by atoms with Crippen LogP contribution in [0.1, 0.15) is 66.9 Å². The Morgan fingerprint density at radius 3 is 2.47 bits per heavy atom. The average molecular weight is 429 g/mol. The molecule has 5 nitrogen and oxygen atoms in total. The fourth-order valence-corrected chi connectivity index (χ4v) is 5.47. The van der Waals surface area contributed by atoms with E-state index in [1.165, 1.54) is 43.9 Å². The molecule has 1 aromatic heterocycles. The summed E-state index contributed by atoms with van der Waals surface area (Å²) < 4.78 is 1.54. The van der Waals surface area contributed by atoms with Crippen LogP contribution in [0.5, 0.6) is 0 Å². The van der Waals surface area contributed by atoms with Gasteiger partial charge >= 0.3 is 0 Å². The minimum absolute atomic E-state index is 0.122. The lowest BCUT2D eigenvalue weighted by Crippen LogP contribution is -2.46. The van der Waals surface area contributed by atoms with Crippen LogP contribution in [0.4, 0.5) is 0 Å². The average Bonchev–Trinajstić information content (AvgIpc) is 3.12. The summed E-state index contributed by atoms with van der Waals surface area (Å²) in [7, 11) is 1.75. The number of likely N-dealkylation sites (tertiary alicyclic amines) is 1. The first kappa shape index (κ1) is 21.4. The Hall–Kier alpha value is -1.85. The van der Waals surface area contributed by atoms with Crippen LogP contribution in [0.15, 0.2) is 36.5 Å². The van der Waals surface area contributed by atoms with E-state index < -0.39 is 0 Å². The third kappa shape index (κ3) is 5.06. The second-order valence-corrected chi connectivity index (χ2v) is 9.34. The molecule has 2 fully saturated rings. The van der Waals surface area contributed by atoms with Crippen molar-refractivity contribution in [2.24, 2.45) is 13.0 Å². The Morgan fingerprint density at radius 1 is 1.13 bits per heavy atom. The molecule has 2 heterocycles. The molecule has 30 heavy (non-hydrogen) atoms. The highest BCUT2D eigenvalue weighted by Crippen LogP contribution is 2.37. The third-order valence-corrected chi connectivity index (χ3v) is 7.21. The first-order chi connectivity index (χ1) is 14.6. The predicted molar refractivity (Wildman–Crippen MR) is 121 cm³/mol. The Bertz CT molecular complexity index is 803. The van der Waals surface area contributed by atoms with Crippen molar-refractivity contribution in [1.29, 1.82) is 0 Å². The maximum atomic E-state index is 12.6. The highest BCUT2D eigenvalue weighted by Gasteiger charge is 2.29. The number of halogens is 1. The molecule has 1 aliphatic heterocycles. The van der Waals surface area contributed by atoms with E-state index >= 15 is 0 Å². The van der Waals surface area contributed by atoms with Gasteiger partial charge in [0.25, 0.3) is 5.91 Å². The van der Waals surface area contributed by atoms with Crippen molar-refractivity contribution in [3.05, 3.63) is 52.8 Å². The van der Waals surface area contributed by atoms with Crippen LogP contribution in [0, 0.1) is 5.92 Å². The van der Waals surface area contributed by atoms with Gasteiger partial charge in [0.1, 0.15) is 5.69 Å². The Kier molecular flexibility index (Phi) is 7.11. The van der Waals surface area contributed by atoms with E-state index in [2.05, 4.69) is 45.6 Å². The summed E-state index contributed by atoms with van der Waals surface area (Å²) in [6, 6.07) is 11.3. The molecular formula is C24H33ClN4O. The first-order valence-corrected chi connectivity index (χ1v) is 11.8. The molecule has 0 spiro atoms. The van der Waals surface area contributed by atoms with Gasteiger partial charge in [-0.2, -0.15) is 5.10 Å². The molecular weight excluding hydrogens is 396 g/mol.